The van der Waals surface area contributed by atoms with Crippen LogP contribution in [0.25, 0.3) is 10.9 Å². The number of aromatic amines is 1. The number of aliphatic hydroxyl groups is 1. The molecular formula is C13H18N2O2. The molecule has 0 saturated carbocycles. The lowest BCUT2D eigenvalue weighted by molar-refractivity contribution is -0.0197. The highest BCUT2D eigenvalue weighted by atomic mass is 16.6. The molecule has 0 bridgehead atoms. The molecular weight excluding hydrogens is 216 g/mol. The number of H-pyrrole nitrogens is 1. The number of aliphatic hydroxyl groups excluding tert-OH is 1. The molecule has 2 aromatic rings. The minimum atomic E-state index is -0.842. The average Bonchev–Trinajstić information content (AvgIpc) is 2.73. The number of aryl methyl sites for hydroxylation is 1. The SMILES string of the molecule is CCc1cc2c(OC(O)CCN)cccc2[nH]1. The number of rotatable bonds is 5. The Hall–Kier alpha value is -1.52. The third kappa shape index (κ3) is 2.60. The molecule has 1 unspecified atom stereocenters. The first-order valence-electron chi connectivity index (χ1n) is 5.90. The molecule has 4 heteroatoms. The molecule has 0 aliphatic heterocycles. The van der Waals surface area contributed by atoms with Gasteiger partial charge in [-0.3, -0.25) is 0 Å². The number of hydrogen-bond acceptors (Lipinski definition) is 3. The molecule has 0 saturated heterocycles. The zero-order valence-corrected chi connectivity index (χ0v) is 9.94. The molecule has 1 atom stereocenters. The van der Waals surface area contributed by atoms with Gasteiger partial charge >= 0.3 is 0 Å². The standard InChI is InChI=1S/C13H18N2O2/c1-2-9-8-10-11(15-9)4-3-5-12(10)17-13(16)6-7-14/h3-5,8,13,15-16H,2,6-7,14H2,1H3. The second kappa shape index (κ2) is 5.21. The smallest absolute Gasteiger partial charge is 0.198 e. The third-order valence-electron chi connectivity index (χ3n) is 2.74. The zero-order chi connectivity index (χ0) is 12.3. The number of aromatic nitrogens is 1. The van der Waals surface area contributed by atoms with Crippen molar-refractivity contribution in [2.24, 2.45) is 5.73 Å². The van der Waals surface area contributed by atoms with E-state index in [2.05, 4.69) is 18.0 Å². The van der Waals surface area contributed by atoms with E-state index in [1.54, 1.807) is 0 Å². The Labute approximate surface area is 100 Å². The summed E-state index contributed by atoms with van der Waals surface area (Å²) >= 11 is 0. The van der Waals surface area contributed by atoms with Gasteiger partial charge in [-0.15, -0.1) is 0 Å². The van der Waals surface area contributed by atoms with Crippen molar-refractivity contribution in [2.45, 2.75) is 26.1 Å². The van der Waals surface area contributed by atoms with Crippen LogP contribution in [-0.4, -0.2) is 22.9 Å². The highest BCUT2D eigenvalue weighted by molar-refractivity contribution is 5.86. The van der Waals surface area contributed by atoms with Gasteiger partial charge in [0.05, 0.1) is 0 Å². The van der Waals surface area contributed by atoms with E-state index in [0.29, 0.717) is 18.7 Å². The second-order valence-electron chi connectivity index (χ2n) is 4.02. The molecule has 17 heavy (non-hydrogen) atoms. The van der Waals surface area contributed by atoms with Gasteiger partial charge in [-0.2, -0.15) is 0 Å². The van der Waals surface area contributed by atoms with E-state index in [1.165, 1.54) is 0 Å². The largest absolute Gasteiger partial charge is 0.464 e. The zero-order valence-electron chi connectivity index (χ0n) is 9.94. The van der Waals surface area contributed by atoms with Crippen LogP contribution in [0, 0.1) is 0 Å². The van der Waals surface area contributed by atoms with Crippen LogP contribution in [-0.2, 0) is 6.42 Å². The van der Waals surface area contributed by atoms with Crippen molar-refractivity contribution < 1.29 is 9.84 Å². The normalized spacial score (nSPS) is 12.9. The van der Waals surface area contributed by atoms with Gasteiger partial charge in [-0.05, 0) is 31.2 Å². The fourth-order valence-corrected chi connectivity index (χ4v) is 1.83. The molecule has 2 rings (SSSR count). The third-order valence-corrected chi connectivity index (χ3v) is 2.74. The Bertz CT molecular complexity index is 493. The summed E-state index contributed by atoms with van der Waals surface area (Å²) in [6.45, 7) is 2.50. The van der Waals surface area contributed by atoms with Crippen molar-refractivity contribution in [1.29, 1.82) is 0 Å². The molecule has 0 amide bonds. The van der Waals surface area contributed by atoms with E-state index in [9.17, 15) is 5.11 Å². The minimum Gasteiger partial charge on any atom is -0.464 e. The highest BCUT2D eigenvalue weighted by Crippen LogP contribution is 2.27. The number of hydrogen-bond donors (Lipinski definition) is 3. The van der Waals surface area contributed by atoms with Crippen molar-refractivity contribution in [3.05, 3.63) is 30.0 Å². The monoisotopic (exact) mass is 234 g/mol. The summed E-state index contributed by atoms with van der Waals surface area (Å²) in [5, 5.41) is 10.6. The summed E-state index contributed by atoms with van der Waals surface area (Å²) in [4.78, 5) is 3.30. The van der Waals surface area contributed by atoms with Crippen LogP contribution in [0.2, 0.25) is 0 Å². The first-order chi connectivity index (χ1) is 8.24. The fourth-order valence-electron chi connectivity index (χ4n) is 1.83. The van der Waals surface area contributed by atoms with Gasteiger partial charge in [0, 0.05) is 23.0 Å². The molecule has 0 radical (unpaired) electrons. The van der Waals surface area contributed by atoms with Crippen LogP contribution in [0.4, 0.5) is 0 Å². The van der Waals surface area contributed by atoms with Gasteiger partial charge < -0.3 is 20.6 Å². The van der Waals surface area contributed by atoms with Gasteiger partial charge in [0.15, 0.2) is 6.29 Å². The summed E-state index contributed by atoms with van der Waals surface area (Å²) < 4.78 is 5.48. The maximum absolute atomic E-state index is 9.61. The van der Waals surface area contributed by atoms with Gasteiger partial charge in [-0.1, -0.05) is 13.0 Å². The summed E-state index contributed by atoms with van der Waals surface area (Å²) in [5.74, 6) is 0.694. The van der Waals surface area contributed by atoms with Crippen LogP contribution >= 0.6 is 0 Å². The van der Waals surface area contributed by atoms with Gasteiger partial charge in [0.2, 0.25) is 0 Å². The summed E-state index contributed by atoms with van der Waals surface area (Å²) in [6.07, 6.45) is 0.534. The lowest BCUT2D eigenvalue weighted by Gasteiger charge is -2.13. The number of nitrogens with one attached hydrogen (secondary N) is 1. The summed E-state index contributed by atoms with van der Waals surface area (Å²) in [5.41, 5.74) is 7.56. The van der Waals surface area contributed by atoms with E-state index in [-0.39, 0.29) is 0 Å². The topological polar surface area (TPSA) is 71.3 Å². The maximum atomic E-state index is 9.61. The van der Waals surface area contributed by atoms with E-state index < -0.39 is 6.29 Å². The van der Waals surface area contributed by atoms with E-state index in [1.807, 2.05) is 18.2 Å². The van der Waals surface area contributed by atoms with Crippen LogP contribution in [0.3, 0.4) is 0 Å². The van der Waals surface area contributed by atoms with Crippen molar-refractivity contribution in [3.8, 4) is 5.75 Å². The number of fused-ring (bicyclic) bond motifs is 1. The molecule has 0 spiro atoms. The van der Waals surface area contributed by atoms with E-state index >= 15 is 0 Å². The van der Waals surface area contributed by atoms with Gasteiger partial charge in [-0.25, -0.2) is 0 Å². The van der Waals surface area contributed by atoms with Crippen LogP contribution < -0.4 is 10.5 Å². The Kier molecular flexibility index (Phi) is 3.66. The predicted octanol–water partition coefficient (Wildman–Crippen LogP) is 1.78. The van der Waals surface area contributed by atoms with Crippen molar-refractivity contribution >= 4 is 10.9 Å². The summed E-state index contributed by atoms with van der Waals surface area (Å²) in [7, 11) is 0. The maximum Gasteiger partial charge on any atom is 0.198 e. The van der Waals surface area contributed by atoms with Crippen molar-refractivity contribution in [1.82, 2.24) is 4.98 Å². The summed E-state index contributed by atoms with van der Waals surface area (Å²) in [6, 6.07) is 7.81. The molecule has 4 N–H and O–H groups in total. The van der Waals surface area contributed by atoms with E-state index in [0.717, 1.165) is 23.0 Å². The van der Waals surface area contributed by atoms with Crippen LogP contribution in [0.15, 0.2) is 24.3 Å². The molecule has 92 valence electrons. The predicted molar refractivity (Wildman–Crippen MR) is 68.0 cm³/mol. The quantitative estimate of drug-likeness (QED) is 0.690. The Morgan fingerprint density at radius 1 is 1.47 bits per heavy atom. The first-order valence-corrected chi connectivity index (χ1v) is 5.90. The lowest BCUT2D eigenvalue weighted by Crippen LogP contribution is -2.19. The van der Waals surface area contributed by atoms with Crippen LogP contribution in [0.5, 0.6) is 5.75 Å². The molecule has 0 fully saturated rings. The lowest BCUT2D eigenvalue weighted by atomic mass is 10.2. The van der Waals surface area contributed by atoms with Gasteiger partial charge in [0.25, 0.3) is 0 Å². The second-order valence-corrected chi connectivity index (χ2v) is 4.02. The first kappa shape index (κ1) is 12.0. The Morgan fingerprint density at radius 2 is 2.29 bits per heavy atom. The molecule has 1 aromatic carbocycles. The van der Waals surface area contributed by atoms with Crippen molar-refractivity contribution in [2.75, 3.05) is 6.54 Å². The highest BCUT2D eigenvalue weighted by Gasteiger charge is 2.09. The number of ether oxygens (including phenoxy) is 1. The number of nitrogens with two attached hydrogens (primary N) is 1. The van der Waals surface area contributed by atoms with Crippen molar-refractivity contribution in [3.63, 3.8) is 0 Å². The molecule has 0 aliphatic rings. The Balaban J connectivity index is 2.30. The molecule has 0 aliphatic carbocycles. The minimum absolute atomic E-state index is 0.407. The van der Waals surface area contributed by atoms with Crippen LogP contribution in [0.1, 0.15) is 19.0 Å². The molecule has 4 nitrogen and oxygen atoms in total. The molecule has 1 aromatic heterocycles. The Morgan fingerprint density at radius 3 is 3.00 bits per heavy atom. The van der Waals surface area contributed by atoms with Gasteiger partial charge in [0.1, 0.15) is 5.75 Å². The number of benzene rings is 1. The average molecular weight is 234 g/mol. The van der Waals surface area contributed by atoms with E-state index in [4.69, 9.17) is 10.5 Å². The molecule has 1 heterocycles. The fraction of sp³-hybridized carbons (Fsp3) is 0.385.